The molecule has 1 atom stereocenters. The summed E-state index contributed by atoms with van der Waals surface area (Å²) in [4.78, 5) is 0. The van der Waals surface area contributed by atoms with Crippen molar-refractivity contribution in [3.8, 4) is 0 Å². The first-order chi connectivity index (χ1) is 5.90. The van der Waals surface area contributed by atoms with Crippen molar-refractivity contribution in [3.05, 3.63) is 34.9 Å². The molecule has 1 fully saturated rings. The molecule has 12 heavy (non-hydrogen) atoms. The fourth-order valence-corrected chi connectivity index (χ4v) is 2.14. The third kappa shape index (κ3) is 0.638. The third-order valence-electron chi connectivity index (χ3n) is 2.83. The molecule has 0 radical (unpaired) electrons. The van der Waals surface area contributed by atoms with E-state index in [4.69, 9.17) is 0 Å². The Morgan fingerprint density at radius 1 is 1.42 bits per heavy atom. The smallest absolute Gasteiger partial charge is 0.0382 e. The molecule has 0 bridgehead atoms. The van der Waals surface area contributed by atoms with Crippen LogP contribution in [0.2, 0.25) is 0 Å². The van der Waals surface area contributed by atoms with Gasteiger partial charge in [-0.05, 0) is 23.6 Å². The van der Waals surface area contributed by atoms with Gasteiger partial charge in [0.25, 0.3) is 0 Å². The summed E-state index contributed by atoms with van der Waals surface area (Å²) in [5.41, 5.74) is 5.87. The van der Waals surface area contributed by atoms with Crippen molar-refractivity contribution in [2.45, 2.75) is 12.3 Å². The summed E-state index contributed by atoms with van der Waals surface area (Å²) in [6, 6.07) is 6.48. The van der Waals surface area contributed by atoms with Crippen LogP contribution in [0.1, 0.15) is 23.5 Å². The molecule has 1 aromatic carbocycles. The Morgan fingerprint density at radius 2 is 2.33 bits per heavy atom. The molecular formula is C11H11N. The Kier molecular flexibility index (Phi) is 1.01. The molecule has 60 valence electrons. The van der Waals surface area contributed by atoms with Crippen molar-refractivity contribution in [1.29, 1.82) is 0 Å². The molecule has 0 spiro atoms. The van der Waals surface area contributed by atoms with Crippen LogP contribution in [0.25, 0.3) is 6.08 Å². The maximum absolute atomic E-state index is 3.25. The van der Waals surface area contributed by atoms with Gasteiger partial charge in [-0.25, -0.2) is 0 Å². The van der Waals surface area contributed by atoms with Gasteiger partial charge < -0.3 is 5.32 Å². The number of hydrogen-bond acceptors (Lipinski definition) is 1. The number of nitrogens with one attached hydrogen (secondary N) is 1. The highest BCUT2D eigenvalue weighted by atomic mass is 14.8. The minimum absolute atomic E-state index is 0.767. The molecule has 0 aromatic heterocycles. The number of anilines is 1. The lowest BCUT2D eigenvalue weighted by Gasteiger charge is -2.08. The van der Waals surface area contributed by atoms with E-state index in [0.29, 0.717) is 0 Å². The van der Waals surface area contributed by atoms with Gasteiger partial charge in [-0.3, -0.25) is 0 Å². The number of benzene rings is 1. The molecule has 0 heterocycles. The predicted molar refractivity (Wildman–Crippen MR) is 51.3 cm³/mol. The van der Waals surface area contributed by atoms with Gasteiger partial charge in [-0.2, -0.15) is 0 Å². The molecule has 2 aliphatic rings. The molecule has 0 saturated heterocycles. The topological polar surface area (TPSA) is 12.0 Å². The lowest BCUT2D eigenvalue weighted by Crippen LogP contribution is -1.94. The van der Waals surface area contributed by atoms with Crippen LogP contribution in [-0.4, -0.2) is 7.05 Å². The lowest BCUT2D eigenvalue weighted by atomic mass is 10.0. The molecule has 1 aromatic rings. The molecule has 1 nitrogen and oxygen atoms in total. The molecule has 2 aliphatic carbocycles. The molecular weight excluding hydrogens is 146 g/mol. The molecule has 0 aliphatic heterocycles. The van der Waals surface area contributed by atoms with Crippen LogP contribution in [-0.2, 0) is 0 Å². The Hall–Kier alpha value is -1.24. The highest BCUT2D eigenvalue weighted by Crippen LogP contribution is 2.56. The summed E-state index contributed by atoms with van der Waals surface area (Å²) < 4.78 is 0. The van der Waals surface area contributed by atoms with Gasteiger partial charge in [-0.15, -0.1) is 0 Å². The van der Waals surface area contributed by atoms with E-state index in [9.17, 15) is 0 Å². The second-order valence-electron chi connectivity index (χ2n) is 3.53. The third-order valence-corrected chi connectivity index (χ3v) is 2.83. The quantitative estimate of drug-likeness (QED) is 0.660. The van der Waals surface area contributed by atoms with Crippen molar-refractivity contribution in [2.75, 3.05) is 12.4 Å². The maximum Gasteiger partial charge on any atom is 0.0382 e. The zero-order valence-corrected chi connectivity index (χ0v) is 7.09. The van der Waals surface area contributed by atoms with Crippen molar-refractivity contribution < 1.29 is 0 Å². The van der Waals surface area contributed by atoms with E-state index >= 15 is 0 Å². The average molecular weight is 157 g/mol. The van der Waals surface area contributed by atoms with E-state index in [2.05, 4.69) is 29.6 Å². The van der Waals surface area contributed by atoms with Crippen LogP contribution in [0.3, 0.4) is 0 Å². The number of fused-ring (bicyclic) bond motifs is 3. The van der Waals surface area contributed by atoms with E-state index in [1.807, 2.05) is 7.05 Å². The van der Waals surface area contributed by atoms with Gasteiger partial charge in [0.2, 0.25) is 0 Å². The first kappa shape index (κ1) is 6.30. The second-order valence-corrected chi connectivity index (χ2v) is 3.53. The zero-order valence-electron chi connectivity index (χ0n) is 7.09. The maximum atomic E-state index is 3.25. The number of hydrogen-bond donors (Lipinski definition) is 1. The second kappa shape index (κ2) is 1.92. The summed E-state index contributed by atoms with van der Waals surface area (Å²) >= 11 is 0. The first-order valence-electron chi connectivity index (χ1n) is 4.41. The van der Waals surface area contributed by atoms with Crippen LogP contribution in [0.15, 0.2) is 23.8 Å². The summed E-state index contributed by atoms with van der Waals surface area (Å²) in [7, 11) is 2.00. The van der Waals surface area contributed by atoms with Gasteiger partial charge in [0.15, 0.2) is 0 Å². The molecule has 1 N–H and O–H groups in total. The highest BCUT2D eigenvalue weighted by molar-refractivity contribution is 5.79. The minimum Gasteiger partial charge on any atom is -0.388 e. The Labute approximate surface area is 72.1 Å². The summed E-state index contributed by atoms with van der Waals surface area (Å²) in [5.74, 6) is 0.767. The van der Waals surface area contributed by atoms with E-state index in [0.717, 1.165) is 5.92 Å². The van der Waals surface area contributed by atoms with Gasteiger partial charge in [-0.1, -0.05) is 23.8 Å². The molecule has 3 rings (SSSR count). The van der Waals surface area contributed by atoms with Crippen molar-refractivity contribution in [3.63, 3.8) is 0 Å². The minimum atomic E-state index is 0.767. The van der Waals surface area contributed by atoms with Gasteiger partial charge in [0.05, 0.1) is 0 Å². The fourth-order valence-electron chi connectivity index (χ4n) is 2.14. The Bertz CT molecular complexity index is 377. The SMILES string of the molecule is CNc1cccc2c1C1CC1=C2. The largest absolute Gasteiger partial charge is 0.388 e. The molecule has 1 heteroatoms. The van der Waals surface area contributed by atoms with Crippen LogP contribution in [0.4, 0.5) is 5.69 Å². The Balaban J connectivity index is 2.23. The van der Waals surface area contributed by atoms with Gasteiger partial charge in [0, 0.05) is 18.7 Å². The van der Waals surface area contributed by atoms with E-state index in [-0.39, 0.29) is 0 Å². The van der Waals surface area contributed by atoms with Crippen LogP contribution < -0.4 is 5.32 Å². The van der Waals surface area contributed by atoms with Gasteiger partial charge in [0.1, 0.15) is 0 Å². The van der Waals surface area contributed by atoms with Gasteiger partial charge >= 0.3 is 0 Å². The first-order valence-corrected chi connectivity index (χ1v) is 4.41. The van der Waals surface area contributed by atoms with Crippen molar-refractivity contribution >= 4 is 11.8 Å². The normalized spacial score (nSPS) is 22.8. The standard InChI is InChI=1S/C11H11N/c1-12-10-4-2-3-7-5-8-6-9(8)11(7)10/h2-5,9,12H,6H2,1H3. The molecule has 0 amide bonds. The van der Waals surface area contributed by atoms with Crippen LogP contribution >= 0.6 is 0 Å². The number of allylic oxidation sites excluding steroid dienone is 1. The molecule has 1 saturated carbocycles. The van der Waals surface area contributed by atoms with Crippen molar-refractivity contribution in [2.24, 2.45) is 0 Å². The summed E-state index contributed by atoms with van der Waals surface area (Å²) in [5, 5.41) is 3.25. The Morgan fingerprint density at radius 3 is 3.17 bits per heavy atom. The fraction of sp³-hybridized carbons (Fsp3) is 0.273. The summed E-state index contributed by atoms with van der Waals surface area (Å²) in [6.45, 7) is 0. The zero-order chi connectivity index (χ0) is 8.13. The highest BCUT2D eigenvalue weighted by Gasteiger charge is 2.38. The summed E-state index contributed by atoms with van der Waals surface area (Å²) in [6.07, 6.45) is 3.63. The van der Waals surface area contributed by atoms with Crippen LogP contribution in [0, 0.1) is 0 Å². The van der Waals surface area contributed by atoms with E-state index in [1.165, 1.54) is 23.2 Å². The average Bonchev–Trinajstić information content (AvgIpc) is 2.77. The molecule has 1 unspecified atom stereocenters. The van der Waals surface area contributed by atoms with Crippen molar-refractivity contribution in [1.82, 2.24) is 0 Å². The van der Waals surface area contributed by atoms with E-state index < -0.39 is 0 Å². The lowest BCUT2D eigenvalue weighted by molar-refractivity contribution is 1.16. The predicted octanol–water partition coefficient (Wildman–Crippen LogP) is 2.61. The van der Waals surface area contributed by atoms with E-state index in [1.54, 1.807) is 5.57 Å². The monoisotopic (exact) mass is 157 g/mol. The number of rotatable bonds is 1. The van der Waals surface area contributed by atoms with Crippen LogP contribution in [0.5, 0.6) is 0 Å².